The molecule has 0 saturated heterocycles. The Labute approximate surface area is 77.3 Å². The molecule has 70 valence electrons. The summed E-state index contributed by atoms with van der Waals surface area (Å²) in [6.07, 6.45) is 7.96. The molecule has 1 heterocycles. The molecule has 0 radical (unpaired) electrons. The molecule has 1 aromatic heterocycles. The van der Waals surface area contributed by atoms with Crippen molar-refractivity contribution in [2.75, 3.05) is 0 Å². The number of hydrogen-bond acceptors (Lipinski definition) is 2. The summed E-state index contributed by atoms with van der Waals surface area (Å²) in [4.78, 5) is 4.09. The molecule has 1 aliphatic rings. The van der Waals surface area contributed by atoms with Crippen molar-refractivity contribution in [3.63, 3.8) is 0 Å². The van der Waals surface area contributed by atoms with Gasteiger partial charge in [-0.3, -0.25) is 5.41 Å². The highest BCUT2D eigenvalue weighted by atomic mass is 15.1. The Morgan fingerprint density at radius 3 is 3.00 bits per heavy atom. The van der Waals surface area contributed by atoms with Crippen molar-refractivity contribution < 1.29 is 0 Å². The number of nitrogens with two attached hydrogens (primary N) is 1. The van der Waals surface area contributed by atoms with Gasteiger partial charge < -0.3 is 10.3 Å². The van der Waals surface area contributed by atoms with Gasteiger partial charge in [-0.15, -0.1) is 0 Å². The lowest BCUT2D eigenvalue weighted by Crippen LogP contribution is -2.21. The lowest BCUT2D eigenvalue weighted by molar-refractivity contribution is 0.308. The van der Waals surface area contributed by atoms with E-state index in [-0.39, 0.29) is 5.84 Å². The van der Waals surface area contributed by atoms with Crippen LogP contribution in [0.25, 0.3) is 0 Å². The molecule has 1 aromatic rings. The van der Waals surface area contributed by atoms with E-state index in [1.54, 1.807) is 6.20 Å². The summed E-state index contributed by atoms with van der Waals surface area (Å²) in [5, 5.41) is 7.22. The predicted octanol–water partition coefficient (Wildman–Crippen LogP) is 1.09. The average molecular weight is 178 g/mol. The van der Waals surface area contributed by atoms with Crippen LogP contribution in [0.3, 0.4) is 0 Å². The number of rotatable bonds is 3. The molecule has 0 unspecified atom stereocenters. The van der Waals surface area contributed by atoms with Crippen molar-refractivity contribution in [3.05, 3.63) is 18.2 Å². The second kappa shape index (κ2) is 3.20. The quantitative estimate of drug-likeness (QED) is 0.537. The summed E-state index contributed by atoms with van der Waals surface area (Å²) < 4.78 is 2.16. The van der Waals surface area contributed by atoms with Gasteiger partial charge in [-0.25, -0.2) is 4.98 Å². The van der Waals surface area contributed by atoms with Crippen LogP contribution in [0.4, 0.5) is 0 Å². The van der Waals surface area contributed by atoms with Gasteiger partial charge in [0.1, 0.15) is 0 Å². The molecule has 2 rings (SSSR count). The molecule has 13 heavy (non-hydrogen) atoms. The van der Waals surface area contributed by atoms with Crippen molar-refractivity contribution in [1.29, 1.82) is 5.41 Å². The van der Waals surface area contributed by atoms with Crippen LogP contribution in [0.15, 0.2) is 12.5 Å². The number of aromatic nitrogens is 2. The predicted molar refractivity (Wildman–Crippen MR) is 50.7 cm³/mol. The molecule has 1 saturated carbocycles. The molecule has 0 bridgehead atoms. The van der Waals surface area contributed by atoms with Gasteiger partial charge in [-0.1, -0.05) is 0 Å². The Morgan fingerprint density at radius 2 is 2.46 bits per heavy atom. The minimum absolute atomic E-state index is 0.209. The van der Waals surface area contributed by atoms with Crippen LogP contribution in [0.1, 0.15) is 31.0 Å². The van der Waals surface area contributed by atoms with Gasteiger partial charge in [-0.2, -0.15) is 0 Å². The summed E-state index contributed by atoms with van der Waals surface area (Å²) in [6.45, 7) is 0. The highest BCUT2D eigenvalue weighted by Crippen LogP contribution is 2.32. The van der Waals surface area contributed by atoms with E-state index in [0.717, 1.165) is 5.69 Å². The van der Waals surface area contributed by atoms with Crippen molar-refractivity contribution in [3.8, 4) is 0 Å². The van der Waals surface area contributed by atoms with Crippen molar-refractivity contribution in [2.45, 2.75) is 31.7 Å². The first-order chi connectivity index (χ1) is 6.27. The zero-order valence-electron chi connectivity index (χ0n) is 7.53. The summed E-state index contributed by atoms with van der Waals surface area (Å²) in [6, 6.07) is 0.608. The first-order valence-electron chi connectivity index (χ1n) is 4.61. The van der Waals surface area contributed by atoms with E-state index < -0.39 is 0 Å². The topological polar surface area (TPSA) is 67.7 Å². The Hall–Kier alpha value is -1.32. The Kier molecular flexibility index (Phi) is 2.04. The lowest BCUT2D eigenvalue weighted by Gasteiger charge is -2.28. The van der Waals surface area contributed by atoms with Gasteiger partial charge in [0.25, 0.3) is 0 Å². The third-order valence-corrected chi connectivity index (χ3v) is 2.59. The molecular weight excluding hydrogens is 164 g/mol. The lowest BCUT2D eigenvalue weighted by atomic mass is 9.92. The van der Waals surface area contributed by atoms with E-state index in [2.05, 4.69) is 9.55 Å². The summed E-state index contributed by atoms with van der Waals surface area (Å²) in [5.41, 5.74) is 6.42. The average Bonchev–Trinajstić information content (AvgIpc) is 2.32. The standard InChI is InChI=1S/C9H14N4/c10-9(11)4-8-5-12-6-13(8)7-2-1-3-7/h5-7H,1-4H2,(H3,10,11). The Bertz CT molecular complexity index is 311. The van der Waals surface area contributed by atoms with Gasteiger partial charge >= 0.3 is 0 Å². The van der Waals surface area contributed by atoms with Crippen molar-refractivity contribution in [1.82, 2.24) is 9.55 Å². The van der Waals surface area contributed by atoms with E-state index in [9.17, 15) is 0 Å². The summed E-state index contributed by atoms with van der Waals surface area (Å²) >= 11 is 0. The van der Waals surface area contributed by atoms with Crippen molar-refractivity contribution in [2.24, 2.45) is 5.73 Å². The molecule has 1 aliphatic carbocycles. The van der Waals surface area contributed by atoms with E-state index in [1.807, 2.05) is 6.33 Å². The molecule has 4 heteroatoms. The van der Waals surface area contributed by atoms with Gasteiger partial charge in [0, 0.05) is 24.4 Å². The third kappa shape index (κ3) is 1.56. The fraction of sp³-hybridized carbons (Fsp3) is 0.556. The Balaban J connectivity index is 2.14. The SMILES string of the molecule is N=C(N)Cc1cncn1C1CCC1. The highest BCUT2D eigenvalue weighted by molar-refractivity contribution is 5.78. The first kappa shape index (κ1) is 8.29. The maximum absolute atomic E-state index is 7.22. The molecule has 1 fully saturated rings. The highest BCUT2D eigenvalue weighted by Gasteiger charge is 2.21. The van der Waals surface area contributed by atoms with Gasteiger partial charge in [0.15, 0.2) is 0 Å². The Morgan fingerprint density at radius 1 is 1.69 bits per heavy atom. The molecule has 0 atom stereocenters. The molecule has 0 aliphatic heterocycles. The zero-order chi connectivity index (χ0) is 9.26. The molecule has 0 aromatic carbocycles. The minimum Gasteiger partial charge on any atom is -0.387 e. The number of nitrogens with one attached hydrogen (secondary N) is 1. The van der Waals surface area contributed by atoms with Gasteiger partial charge in [0.2, 0.25) is 0 Å². The van der Waals surface area contributed by atoms with E-state index in [4.69, 9.17) is 11.1 Å². The smallest absolute Gasteiger partial charge is 0.0965 e. The number of amidine groups is 1. The fourth-order valence-electron chi connectivity index (χ4n) is 1.66. The number of imidazole rings is 1. The fourth-order valence-corrected chi connectivity index (χ4v) is 1.66. The molecule has 4 nitrogen and oxygen atoms in total. The van der Waals surface area contributed by atoms with Gasteiger partial charge in [0.05, 0.1) is 12.2 Å². The van der Waals surface area contributed by atoms with Crippen LogP contribution in [-0.2, 0) is 6.42 Å². The third-order valence-electron chi connectivity index (χ3n) is 2.59. The van der Waals surface area contributed by atoms with Crippen LogP contribution in [0.5, 0.6) is 0 Å². The minimum atomic E-state index is 0.209. The van der Waals surface area contributed by atoms with E-state index in [0.29, 0.717) is 12.5 Å². The van der Waals surface area contributed by atoms with E-state index in [1.165, 1.54) is 19.3 Å². The van der Waals surface area contributed by atoms with Crippen LogP contribution in [0, 0.1) is 5.41 Å². The van der Waals surface area contributed by atoms with Crippen LogP contribution >= 0.6 is 0 Å². The zero-order valence-corrected chi connectivity index (χ0v) is 7.53. The van der Waals surface area contributed by atoms with Crippen LogP contribution in [0.2, 0.25) is 0 Å². The first-order valence-corrected chi connectivity index (χ1v) is 4.61. The molecule has 0 spiro atoms. The number of hydrogen-bond donors (Lipinski definition) is 2. The molecule has 0 amide bonds. The number of nitrogens with zero attached hydrogens (tertiary/aromatic N) is 2. The second-order valence-electron chi connectivity index (χ2n) is 3.58. The van der Waals surface area contributed by atoms with Crippen LogP contribution in [-0.4, -0.2) is 15.4 Å². The second-order valence-corrected chi connectivity index (χ2v) is 3.58. The van der Waals surface area contributed by atoms with E-state index >= 15 is 0 Å². The normalized spacial score (nSPS) is 16.9. The maximum atomic E-state index is 7.22. The monoisotopic (exact) mass is 178 g/mol. The summed E-state index contributed by atoms with van der Waals surface area (Å²) in [7, 11) is 0. The summed E-state index contributed by atoms with van der Waals surface area (Å²) in [5.74, 6) is 0.209. The largest absolute Gasteiger partial charge is 0.387 e. The molecule has 3 N–H and O–H groups in total. The van der Waals surface area contributed by atoms with Crippen LogP contribution < -0.4 is 5.73 Å². The molecular formula is C9H14N4. The maximum Gasteiger partial charge on any atom is 0.0965 e. The van der Waals surface area contributed by atoms with Crippen molar-refractivity contribution >= 4 is 5.84 Å². The van der Waals surface area contributed by atoms with Gasteiger partial charge in [-0.05, 0) is 19.3 Å².